The van der Waals surface area contributed by atoms with Gasteiger partial charge in [-0.15, -0.1) is 0 Å². The standard InChI is InChI=1S/C13H11BrN2OS2/c14-9-1-2-10(13(15)18)11(6-9)16-12(17)5-8-3-4-19-7-8/h1-4,6-7H,5H2,(H2,15,18)(H,16,17). The van der Waals surface area contributed by atoms with Crippen LogP contribution in [0.2, 0.25) is 0 Å². The van der Waals surface area contributed by atoms with Gasteiger partial charge >= 0.3 is 0 Å². The first-order valence-corrected chi connectivity index (χ1v) is 7.61. The average molecular weight is 355 g/mol. The SMILES string of the molecule is NC(=S)c1ccc(Br)cc1NC(=O)Cc1ccsc1. The second kappa shape index (κ2) is 6.27. The van der Waals surface area contributed by atoms with Crippen LogP contribution in [0, 0.1) is 0 Å². The van der Waals surface area contributed by atoms with Crippen LogP contribution < -0.4 is 11.1 Å². The first-order valence-electron chi connectivity index (χ1n) is 5.46. The molecule has 1 heterocycles. The maximum absolute atomic E-state index is 12.0. The topological polar surface area (TPSA) is 55.1 Å². The number of nitrogens with two attached hydrogens (primary N) is 1. The lowest BCUT2D eigenvalue weighted by Crippen LogP contribution is -2.18. The van der Waals surface area contributed by atoms with E-state index in [1.807, 2.05) is 22.9 Å². The molecule has 0 atom stereocenters. The van der Waals surface area contributed by atoms with Crippen LogP contribution in [0.25, 0.3) is 0 Å². The van der Waals surface area contributed by atoms with Crippen molar-refractivity contribution in [2.75, 3.05) is 5.32 Å². The van der Waals surface area contributed by atoms with E-state index in [-0.39, 0.29) is 10.9 Å². The minimum absolute atomic E-state index is 0.0889. The summed E-state index contributed by atoms with van der Waals surface area (Å²) < 4.78 is 0.860. The average Bonchev–Trinajstić information content (AvgIpc) is 2.81. The molecule has 3 N–H and O–H groups in total. The molecule has 98 valence electrons. The number of carbonyl (C=O) groups is 1. The molecule has 0 saturated carbocycles. The normalized spacial score (nSPS) is 10.2. The molecule has 0 spiro atoms. The van der Waals surface area contributed by atoms with Gasteiger partial charge in [0.1, 0.15) is 4.99 Å². The van der Waals surface area contributed by atoms with Gasteiger partial charge < -0.3 is 11.1 Å². The molecule has 1 aromatic heterocycles. The fraction of sp³-hybridized carbons (Fsp3) is 0.0769. The van der Waals surface area contributed by atoms with E-state index >= 15 is 0 Å². The van der Waals surface area contributed by atoms with Crippen LogP contribution in [0.1, 0.15) is 11.1 Å². The Kier molecular flexibility index (Phi) is 4.68. The fourth-order valence-electron chi connectivity index (χ4n) is 1.61. The summed E-state index contributed by atoms with van der Waals surface area (Å²) in [5, 5.41) is 6.74. The van der Waals surface area contributed by atoms with Gasteiger partial charge in [-0.2, -0.15) is 11.3 Å². The molecule has 0 unspecified atom stereocenters. The van der Waals surface area contributed by atoms with Gasteiger partial charge in [0, 0.05) is 10.0 Å². The Labute approximate surface area is 129 Å². The Balaban J connectivity index is 2.16. The highest BCUT2D eigenvalue weighted by atomic mass is 79.9. The molecule has 0 bridgehead atoms. The maximum Gasteiger partial charge on any atom is 0.228 e. The lowest BCUT2D eigenvalue weighted by molar-refractivity contribution is -0.115. The predicted molar refractivity (Wildman–Crippen MR) is 86.7 cm³/mol. The van der Waals surface area contributed by atoms with Crippen LogP contribution in [0.3, 0.4) is 0 Å². The van der Waals surface area contributed by atoms with Crippen LogP contribution in [-0.4, -0.2) is 10.9 Å². The van der Waals surface area contributed by atoms with E-state index in [1.54, 1.807) is 23.5 Å². The van der Waals surface area contributed by atoms with Crippen molar-refractivity contribution in [3.8, 4) is 0 Å². The molecule has 0 aliphatic heterocycles. The van der Waals surface area contributed by atoms with Crippen molar-refractivity contribution in [3.05, 3.63) is 50.6 Å². The number of rotatable bonds is 4. The molecule has 1 aromatic carbocycles. The minimum Gasteiger partial charge on any atom is -0.389 e. The first-order chi connectivity index (χ1) is 9.06. The highest BCUT2D eigenvalue weighted by molar-refractivity contribution is 9.10. The van der Waals surface area contributed by atoms with E-state index in [4.69, 9.17) is 18.0 Å². The Morgan fingerprint density at radius 3 is 2.84 bits per heavy atom. The number of thiophene rings is 1. The van der Waals surface area contributed by atoms with Crippen molar-refractivity contribution in [2.24, 2.45) is 5.73 Å². The third-order valence-corrected chi connectivity index (χ3v) is 3.91. The number of thiocarbonyl (C=S) groups is 1. The number of nitrogens with one attached hydrogen (secondary N) is 1. The molecular weight excluding hydrogens is 344 g/mol. The summed E-state index contributed by atoms with van der Waals surface area (Å²) in [5.74, 6) is -0.0889. The highest BCUT2D eigenvalue weighted by Crippen LogP contribution is 2.22. The second-order valence-corrected chi connectivity index (χ2v) is 6.05. The van der Waals surface area contributed by atoms with Crippen molar-refractivity contribution in [1.82, 2.24) is 0 Å². The summed E-state index contributed by atoms with van der Waals surface area (Å²) in [7, 11) is 0. The van der Waals surface area contributed by atoms with Crippen LogP contribution in [-0.2, 0) is 11.2 Å². The highest BCUT2D eigenvalue weighted by Gasteiger charge is 2.10. The molecule has 0 saturated heterocycles. The van der Waals surface area contributed by atoms with Gasteiger partial charge in [-0.25, -0.2) is 0 Å². The number of benzene rings is 1. The van der Waals surface area contributed by atoms with Gasteiger partial charge in [0.15, 0.2) is 0 Å². The Hall–Kier alpha value is -1.24. The predicted octanol–water partition coefficient (Wildman–Crippen LogP) is 3.33. The molecule has 2 rings (SSSR count). The van der Waals surface area contributed by atoms with E-state index in [9.17, 15) is 4.79 Å². The molecule has 2 aromatic rings. The van der Waals surface area contributed by atoms with Gasteiger partial charge in [-0.1, -0.05) is 28.1 Å². The summed E-state index contributed by atoms with van der Waals surface area (Å²) >= 11 is 9.91. The minimum atomic E-state index is -0.0889. The van der Waals surface area contributed by atoms with Crippen molar-refractivity contribution in [1.29, 1.82) is 0 Å². The summed E-state index contributed by atoms with van der Waals surface area (Å²) in [4.78, 5) is 12.2. The lowest BCUT2D eigenvalue weighted by Gasteiger charge is -2.10. The molecule has 0 aliphatic carbocycles. The zero-order valence-electron chi connectivity index (χ0n) is 9.85. The summed E-state index contributed by atoms with van der Waals surface area (Å²) in [5.41, 5.74) is 7.93. The molecule has 6 heteroatoms. The van der Waals surface area contributed by atoms with E-state index in [0.717, 1.165) is 10.0 Å². The smallest absolute Gasteiger partial charge is 0.228 e. The van der Waals surface area contributed by atoms with E-state index in [0.29, 0.717) is 17.7 Å². The quantitative estimate of drug-likeness (QED) is 0.828. The first kappa shape index (κ1) is 14.2. The van der Waals surface area contributed by atoms with Crippen LogP contribution in [0.5, 0.6) is 0 Å². The third kappa shape index (κ3) is 3.86. The van der Waals surface area contributed by atoms with E-state index < -0.39 is 0 Å². The molecular formula is C13H11BrN2OS2. The monoisotopic (exact) mass is 354 g/mol. The molecule has 3 nitrogen and oxygen atoms in total. The van der Waals surface area contributed by atoms with Gasteiger partial charge in [0.05, 0.1) is 12.1 Å². The van der Waals surface area contributed by atoms with E-state index in [1.165, 1.54) is 0 Å². The van der Waals surface area contributed by atoms with Crippen molar-refractivity contribution in [2.45, 2.75) is 6.42 Å². The summed E-state index contributed by atoms with van der Waals surface area (Å²) in [6.45, 7) is 0. The van der Waals surface area contributed by atoms with Crippen LogP contribution >= 0.6 is 39.5 Å². The number of hydrogen-bond donors (Lipinski definition) is 2. The number of amides is 1. The van der Waals surface area contributed by atoms with E-state index in [2.05, 4.69) is 21.2 Å². The molecule has 1 amide bonds. The Bertz CT molecular complexity index is 611. The van der Waals surface area contributed by atoms with Gasteiger partial charge in [-0.05, 0) is 40.6 Å². The summed E-state index contributed by atoms with van der Waals surface area (Å²) in [6.07, 6.45) is 0.340. The number of carbonyl (C=O) groups excluding carboxylic acids is 1. The zero-order chi connectivity index (χ0) is 13.8. The molecule has 0 radical (unpaired) electrons. The Morgan fingerprint density at radius 1 is 1.42 bits per heavy atom. The fourth-order valence-corrected chi connectivity index (χ4v) is 2.82. The Morgan fingerprint density at radius 2 is 2.21 bits per heavy atom. The molecule has 0 fully saturated rings. The summed E-state index contributed by atoms with van der Waals surface area (Å²) in [6, 6.07) is 7.34. The molecule has 19 heavy (non-hydrogen) atoms. The lowest BCUT2D eigenvalue weighted by atomic mass is 10.1. The van der Waals surface area contributed by atoms with Gasteiger partial charge in [-0.3, -0.25) is 4.79 Å². The number of hydrogen-bond acceptors (Lipinski definition) is 3. The third-order valence-electron chi connectivity index (χ3n) is 2.47. The number of halogens is 1. The zero-order valence-corrected chi connectivity index (χ0v) is 13.1. The van der Waals surface area contributed by atoms with Crippen molar-refractivity contribution < 1.29 is 4.79 Å². The van der Waals surface area contributed by atoms with Crippen molar-refractivity contribution >= 4 is 56.1 Å². The van der Waals surface area contributed by atoms with Crippen molar-refractivity contribution in [3.63, 3.8) is 0 Å². The van der Waals surface area contributed by atoms with Gasteiger partial charge in [0.25, 0.3) is 0 Å². The van der Waals surface area contributed by atoms with Gasteiger partial charge in [0.2, 0.25) is 5.91 Å². The van der Waals surface area contributed by atoms with Crippen LogP contribution in [0.15, 0.2) is 39.5 Å². The maximum atomic E-state index is 12.0. The van der Waals surface area contributed by atoms with Crippen LogP contribution in [0.4, 0.5) is 5.69 Å². The largest absolute Gasteiger partial charge is 0.389 e. The second-order valence-electron chi connectivity index (χ2n) is 3.91. The number of anilines is 1. The molecule has 0 aliphatic rings.